The largest absolute Gasteiger partial charge is 0.493 e. The molecule has 1 aliphatic rings. The topological polar surface area (TPSA) is 67.9 Å². The number of anilines is 2. The van der Waals surface area contributed by atoms with Crippen molar-refractivity contribution in [3.8, 4) is 11.5 Å². The number of ether oxygens (including phenoxy) is 2. The molecule has 1 fully saturated rings. The van der Waals surface area contributed by atoms with E-state index in [1.54, 1.807) is 36.4 Å². The molecular formula is C19H18Cl2N2O4. The van der Waals surface area contributed by atoms with Gasteiger partial charge in [0.05, 0.1) is 41.6 Å². The molecule has 1 saturated heterocycles. The van der Waals surface area contributed by atoms with Crippen LogP contribution >= 0.6 is 23.2 Å². The van der Waals surface area contributed by atoms with Crippen LogP contribution in [0.4, 0.5) is 11.4 Å². The van der Waals surface area contributed by atoms with Crippen LogP contribution in [0.15, 0.2) is 36.4 Å². The van der Waals surface area contributed by atoms with E-state index in [-0.39, 0.29) is 24.8 Å². The molecule has 2 amide bonds. The zero-order valence-electron chi connectivity index (χ0n) is 14.8. The molecule has 1 N–H and O–H groups in total. The van der Waals surface area contributed by atoms with Crippen LogP contribution < -0.4 is 19.7 Å². The molecule has 0 spiro atoms. The van der Waals surface area contributed by atoms with Crippen LogP contribution in [-0.2, 0) is 9.59 Å². The number of halogens is 2. The molecule has 1 atom stereocenters. The number of rotatable bonds is 5. The van der Waals surface area contributed by atoms with Gasteiger partial charge in [0, 0.05) is 25.1 Å². The Kier molecular flexibility index (Phi) is 5.77. The van der Waals surface area contributed by atoms with Gasteiger partial charge in [0.25, 0.3) is 0 Å². The molecule has 142 valence electrons. The van der Waals surface area contributed by atoms with Crippen LogP contribution in [0.25, 0.3) is 0 Å². The fourth-order valence-corrected chi connectivity index (χ4v) is 3.41. The number of carbonyl (C=O) groups excluding carboxylic acids is 2. The molecule has 6 nitrogen and oxygen atoms in total. The van der Waals surface area contributed by atoms with Gasteiger partial charge in [-0.2, -0.15) is 0 Å². The molecule has 0 bridgehead atoms. The zero-order chi connectivity index (χ0) is 19.6. The number of nitrogens with one attached hydrogen (secondary N) is 1. The van der Waals surface area contributed by atoms with Crippen molar-refractivity contribution in [3.63, 3.8) is 0 Å². The minimum atomic E-state index is -0.516. The first kappa shape index (κ1) is 19.3. The Balaban J connectivity index is 1.76. The van der Waals surface area contributed by atoms with Gasteiger partial charge in [-0.3, -0.25) is 9.59 Å². The van der Waals surface area contributed by atoms with Gasteiger partial charge in [0.15, 0.2) is 11.5 Å². The second-order valence-electron chi connectivity index (χ2n) is 6.03. The van der Waals surface area contributed by atoms with E-state index in [9.17, 15) is 9.59 Å². The lowest BCUT2D eigenvalue weighted by Gasteiger charge is -2.18. The summed E-state index contributed by atoms with van der Waals surface area (Å²) in [6, 6.07) is 10.2. The summed E-state index contributed by atoms with van der Waals surface area (Å²) >= 11 is 12.4. The molecule has 2 aromatic rings. The van der Waals surface area contributed by atoms with E-state index in [0.29, 0.717) is 32.9 Å². The Bertz CT molecular complexity index is 888. The number of carbonyl (C=O) groups is 2. The summed E-state index contributed by atoms with van der Waals surface area (Å²) in [5, 5.41) is 3.55. The zero-order valence-corrected chi connectivity index (χ0v) is 16.3. The number of amides is 2. The van der Waals surface area contributed by atoms with E-state index >= 15 is 0 Å². The molecule has 1 heterocycles. The quantitative estimate of drug-likeness (QED) is 0.811. The molecule has 1 unspecified atom stereocenters. The van der Waals surface area contributed by atoms with Gasteiger partial charge in [-0.15, -0.1) is 0 Å². The maximum absolute atomic E-state index is 12.7. The predicted octanol–water partition coefficient (Wildman–Crippen LogP) is 4.00. The van der Waals surface area contributed by atoms with Gasteiger partial charge in [0.2, 0.25) is 11.8 Å². The maximum Gasteiger partial charge on any atom is 0.229 e. The molecule has 0 radical (unpaired) electrons. The van der Waals surface area contributed by atoms with E-state index in [1.165, 1.54) is 19.1 Å². The Hall–Kier alpha value is -2.44. The summed E-state index contributed by atoms with van der Waals surface area (Å²) in [6.45, 7) is 0.249. The van der Waals surface area contributed by atoms with Gasteiger partial charge in [0.1, 0.15) is 0 Å². The number of methoxy groups -OCH3 is 2. The average molecular weight is 409 g/mol. The van der Waals surface area contributed by atoms with Crippen LogP contribution in [0.3, 0.4) is 0 Å². The summed E-state index contributed by atoms with van der Waals surface area (Å²) in [5.41, 5.74) is 0.992. The SMILES string of the molecule is COc1cc(Cl)c(NC(=O)C2CC(=O)N(c3ccccc3Cl)C2)cc1OC. The molecule has 2 aromatic carbocycles. The molecule has 1 aliphatic heterocycles. The van der Waals surface area contributed by atoms with Crippen LogP contribution in [0.5, 0.6) is 11.5 Å². The van der Waals surface area contributed by atoms with E-state index in [0.717, 1.165) is 0 Å². The van der Waals surface area contributed by atoms with Crippen molar-refractivity contribution in [2.45, 2.75) is 6.42 Å². The Labute approximate surface area is 167 Å². The second kappa shape index (κ2) is 8.06. The van der Waals surface area contributed by atoms with Crippen LogP contribution in [0, 0.1) is 5.92 Å². The third-order valence-corrected chi connectivity index (χ3v) is 5.00. The Morgan fingerprint density at radius 1 is 1.11 bits per heavy atom. The summed E-state index contributed by atoms with van der Waals surface area (Å²) in [4.78, 5) is 26.6. The number of para-hydroxylation sites is 1. The highest BCUT2D eigenvalue weighted by Gasteiger charge is 2.36. The highest BCUT2D eigenvalue weighted by molar-refractivity contribution is 6.34. The van der Waals surface area contributed by atoms with Crippen molar-refractivity contribution in [2.24, 2.45) is 5.92 Å². The van der Waals surface area contributed by atoms with E-state index in [1.807, 2.05) is 0 Å². The van der Waals surface area contributed by atoms with Gasteiger partial charge in [-0.05, 0) is 12.1 Å². The van der Waals surface area contributed by atoms with Crippen molar-refractivity contribution >= 4 is 46.4 Å². The number of hydrogen-bond donors (Lipinski definition) is 1. The van der Waals surface area contributed by atoms with Crippen molar-refractivity contribution < 1.29 is 19.1 Å². The molecule has 0 aromatic heterocycles. The van der Waals surface area contributed by atoms with Crippen molar-refractivity contribution in [1.82, 2.24) is 0 Å². The van der Waals surface area contributed by atoms with E-state index in [2.05, 4.69) is 5.32 Å². The standard InChI is InChI=1S/C19H18Cl2N2O4/c1-26-16-8-13(21)14(9-17(16)27-2)22-19(25)11-7-18(24)23(10-11)15-6-4-3-5-12(15)20/h3-6,8-9,11H,7,10H2,1-2H3,(H,22,25). The highest BCUT2D eigenvalue weighted by atomic mass is 35.5. The lowest BCUT2D eigenvalue weighted by Crippen LogP contribution is -2.28. The van der Waals surface area contributed by atoms with Crippen LogP contribution in [0.2, 0.25) is 10.0 Å². The maximum atomic E-state index is 12.7. The first-order chi connectivity index (χ1) is 12.9. The molecular weight excluding hydrogens is 391 g/mol. The third-order valence-electron chi connectivity index (χ3n) is 4.37. The Morgan fingerprint density at radius 2 is 1.78 bits per heavy atom. The number of hydrogen-bond acceptors (Lipinski definition) is 4. The lowest BCUT2D eigenvalue weighted by atomic mass is 10.1. The minimum absolute atomic E-state index is 0.0992. The molecule has 0 saturated carbocycles. The molecule has 3 rings (SSSR count). The number of nitrogens with zero attached hydrogens (tertiary/aromatic N) is 1. The first-order valence-corrected chi connectivity index (χ1v) is 8.97. The summed E-state index contributed by atoms with van der Waals surface area (Å²) in [6.07, 6.45) is 0.0992. The van der Waals surface area contributed by atoms with Crippen molar-refractivity contribution in [2.75, 3.05) is 31.0 Å². The Morgan fingerprint density at radius 3 is 2.44 bits per heavy atom. The molecule has 27 heavy (non-hydrogen) atoms. The van der Waals surface area contributed by atoms with Crippen LogP contribution in [0.1, 0.15) is 6.42 Å². The molecule has 8 heteroatoms. The normalized spacial score (nSPS) is 16.4. The second-order valence-corrected chi connectivity index (χ2v) is 6.85. The molecule has 0 aliphatic carbocycles. The number of benzene rings is 2. The summed E-state index contributed by atoms with van der Waals surface area (Å²) < 4.78 is 10.4. The fraction of sp³-hybridized carbons (Fsp3) is 0.263. The average Bonchev–Trinajstić information content (AvgIpc) is 3.05. The van der Waals surface area contributed by atoms with E-state index in [4.69, 9.17) is 32.7 Å². The first-order valence-electron chi connectivity index (χ1n) is 8.22. The smallest absolute Gasteiger partial charge is 0.229 e. The monoisotopic (exact) mass is 408 g/mol. The van der Waals surface area contributed by atoms with Gasteiger partial charge in [-0.25, -0.2) is 0 Å². The minimum Gasteiger partial charge on any atom is -0.493 e. The van der Waals surface area contributed by atoms with Gasteiger partial charge in [-0.1, -0.05) is 35.3 Å². The fourth-order valence-electron chi connectivity index (χ4n) is 2.97. The van der Waals surface area contributed by atoms with Gasteiger partial charge >= 0.3 is 0 Å². The van der Waals surface area contributed by atoms with Crippen LogP contribution in [-0.4, -0.2) is 32.6 Å². The third kappa shape index (κ3) is 3.96. The predicted molar refractivity (Wildman–Crippen MR) is 105 cm³/mol. The van der Waals surface area contributed by atoms with E-state index < -0.39 is 5.92 Å². The van der Waals surface area contributed by atoms with Crippen molar-refractivity contribution in [3.05, 3.63) is 46.4 Å². The summed E-state index contributed by atoms with van der Waals surface area (Å²) in [7, 11) is 2.99. The van der Waals surface area contributed by atoms with Gasteiger partial charge < -0.3 is 19.7 Å². The highest BCUT2D eigenvalue weighted by Crippen LogP contribution is 2.37. The summed E-state index contributed by atoms with van der Waals surface area (Å²) in [5.74, 6) is -0.0644. The van der Waals surface area contributed by atoms with Crippen molar-refractivity contribution in [1.29, 1.82) is 0 Å². The lowest BCUT2D eigenvalue weighted by molar-refractivity contribution is -0.122.